The van der Waals surface area contributed by atoms with Crippen LogP contribution in [0.15, 0.2) is 42.7 Å². The highest BCUT2D eigenvalue weighted by Gasteiger charge is 2.34. The SMILES string of the molecule is CCN(C)S(=O)(=O)N(N)C(=O)c1c[nH][n+]2ccc(N3CCCC3c3cc(F)ccc3OC3CCOC3)cc12. The number of aromatic nitrogens is 2. The molecule has 2 fully saturated rings. The van der Waals surface area contributed by atoms with E-state index in [9.17, 15) is 17.6 Å². The number of carbonyl (C=O) groups is 1. The van der Waals surface area contributed by atoms with E-state index in [1.165, 1.54) is 25.4 Å². The molecular formula is C25H32FN6O5S+. The van der Waals surface area contributed by atoms with Crippen LogP contribution in [0.5, 0.6) is 5.75 Å². The van der Waals surface area contributed by atoms with Gasteiger partial charge in [-0.2, -0.15) is 22.2 Å². The molecule has 4 heterocycles. The summed E-state index contributed by atoms with van der Waals surface area (Å²) in [7, 11) is -2.82. The third kappa shape index (κ3) is 4.82. The van der Waals surface area contributed by atoms with Gasteiger partial charge in [0.2, 0.25) is 6.20 Å². The number of hydrogen-bond donors (Lipinski definition) is 2. The van der Waals surface area contributed by atoms with Gasteiger partial charge in [-0.15, -0.1) is 0 Å². The maximum atomic E-state index is 14.4. The van der Waals surface area contributed by atoms with Crippen LogP contribution >= 0.6 is 0 Å². The number of H-pyrrole nitrogens is 1. The molecular weight excluding hydrogens is 515 g/mol. The maximum absolute atomic E-state index is 14.4. The Hall–Kier alpha value is -3.26. The average molecular weight is 548 g/mol. The average Bonchev–Trinajstić information content (AvgIpc) is 3.69. The van der Waals surface area contributed by atoms with E-state index in [2.05, 4.69) is 10.00 Å². The fraction of sp³-hybridized carbons (Fsp3) is 0.440. The molecule has 204 valence electrons. The van der Waals surface area contributed by atoms with Gasteiger partial charge in [0, 0.05) is 49.9 Å². The van der Waals surface area contributed by atoms with E-state index in [0.717, 1.165) is 41.4 Å². The highest BCUT2D eigenvalue weighted by atomic mass is 32.2. The summed E-state index contributed by atoms with van der Waals surface area (Å²) in [5.41, 5.74) is 2.13. The van der Waals surface area contributed by atoms with Gasteiger partial charge in [0.05, 0.1) is 25.5 Å². The molecule has 0 aliphatic carbocycles. The van der Waals surface area contributed by atoms with Crippen LogP contribution in [0.25, 0.3) is 5.52 Å². The van der Waals surface area contributed by atoms with Crippen molar-refractivity contribution in [2.24, 2.45) is 5.84 Å². The second kappa shape index (κ2) is 10.5. The quantitative estimate of drug-likeness (QED) is 0.191. The van der Waals surface area contributed by atoms with Gasteiger partial charge < -0.3 is 14.4 Å². The number of aromatic amines is 1. The first kappa shape index (κ1) is 26.4. The van der Waals surface area contributed by atoms with Crippen LogP contribution in [0, 0.1) is 5.82 Å². The van der Waals surface area contributed by atoms with E-state index in [0.29, 0.717) is 24.5 Å². The van der Waals surface area contributed by atoms with E-state index >= 15 is 0 Å². The number of fused-ring (bicyclic) bond motifs is 1. The summed E-state index contributed by atoms with van der Waals surface area (Å²) >= 11 is 0. The Morgan fingerprint density at radius 3 is 2.87 bits per heavy atom. The fourth-order valence-corrected chi connectivity index (χ4v) is 5.91. The topological polar surface area (TPSA) is 125 Å². The second-order valence-electron chi connectivity index (χ2n) is 9.49. The summed E-state index contributed by atoms with van der Waals surface area (Å²) in [6.45, 7) is 3.67. The van der Waals surface area contributed by atoms with Gasteiger partial charge in [0.1, 0.15) is 23.2 Å². The largest absolute Gasteiger partial charge is 0.488 e. The molecule has 13 heteroatoms. The van der Waals surface area contributed by atoms with Gasteiger partial charge in [-0.3, -0.25) is 4.79 Å². The molecule has 11 nitrogen and oxygen atoms in total. The minimum atomic E-state index is -4.17. The van der Waals surface area contributed by atoms with Crippen molar-refractivity contribution < 1.29 is 31.6 Å². The van der Waals surface area contributed by atoms with Crippen molar-refractivity contribution in [3.05, 3.63) is 59.7 Å². The molecule has 0 bridgehead atoms. The molecule has 2 aromatic heterocycles. The highest BCUT2D eigenvalue weighted by molar-refractivity contribution is 7.87. The van der Waals surface area contributed by atoms with Crippen molar-refractivity contribution in [3.63, 3.8) is 0 Å². The molecule has 0 spiro atoms. The lowest BCUT2D eigenvalue weighted by Gasteiger charge is -2.28. The first-order valence-corrected chi connectivity index (χ1v) is 14.0. The first-order valence-electron chi connectivity index (χ1n) is 12.6. The van der Waals surface area contributed by atoms with Crippen LogP contribution in [0.4, 0.5) is 10.1 Å². The lowest BCUT2D eigenvalue weighted by atomic mass is 10.0. The Bertz CT molecular complexity index is 1440. The van der Waals surface area contributed by atoms with Crippen LogP contribution in [0.2, 0.25) is 0 Å². The second-order valence-corrected chi connectivity index (χ2v) is 11.4. The van der Waals surface area contributed by atoms with Crippen LogP contribution in [0.1, 0.15) is 48.1 Å². The minimum Gasteiger partial charge on any atom is -0.488 e. The lowest BCUT2D eigenvalue weighted by Crippen LogP contribution is -2.49. The Morgan fingerprint density at radius 1 is 1.32 bits per heavy atom. The number of carbonyl (C=O) groups excluding carboxylic acids is 1. The van der Waals surface area contributed by atoms with E-state index < -0.39 is 16.1 Å². The van der Waals surface area contributed by atoms with Crippen LogP contribution in [-0.2, 0) is 14.9 Å². The van der Waals surface area contributed by atoms with E-state index in [-0.39, 0.29) is 34.5 Å². The van der Waals surface area contributed by atoms with Crippen molar-refractivity contribution >= 4 is 27.3 Å². The van der Waals surface area contributed by atoms with Gasteiger partial charge in [0.25, 0.3) is 11.4 Å². The molecule has 3 N–H and O–H groups in total. The van der Waals surface area contributed by atoms with Gasteiger partial charge in [-0.25, -0.2) is 10.2 Å². The lowest BCUT2D eigenvalue weighted by molar-refractivity contribution is -0.576. The van der Waals surface area contributed by atoms with E-state index in [1.54, 1.807) is 29.8 Å². The number of amides is 1. The Labute approximate surface area is 220 Å². The number of hydrazine groups is 1. The predicted molar refractivity (Wildman–Crippen MR) is 137 cm³/mol. The van der Waals surface area contributed by atoms with Crippen LogP contribution < -0.4 is 20.0 Å². The molecule has 2 aliphatic heterocycles. The molecule has 0 saturated carbocycles. The maximum Gasteiger partial charge on any atom is 0.319 e. The Morgan fingerprint density at radius 2 is 2.13 bits per heavy atom. The Kier molecular flexibility index (Phi) is 7.27. The number of benzene rings is 1. The zero-order valence-electron chi connectivity index (χ0n) is 21.3. The number of halogens is 1. The van der Waals surface area contributed by atoms with Gasteiger partial charge in [0.15, 0.2) is 0 Å². The monoisotopic (exact) mass is 547 g/mol. The normalized spacial score (nSPS) is 20.0. The molecule has 1 amide bonds. The van der Waals surface area contributed by atoms with Crippen molar-refractivity contribution in [2.75, 3.05) is 38.3 Å². The number of nitrogens with two attached hydrogens (primary N) is 1. The standard InChI is InChI=1S/C25H31FN6O5S/c1-3-29(2)38(34,35)32(27)25(33)21-15-28-31-11-8-18(14-23(21)31)30-10-4-5-22(30)20-13-17(26)6-7-24(20)37-19-9-12-36-16-19/h6-8,11,13-15,19,22H,3-5,9-10,12,16,27H2,1-2H3/p+1. The van der Waals surface area contributed by atoms with Crippen LogP contribution in [-0.4, -0.2) is 67.6 Å². The Balaban J connectivity index is 1.47. The first-order chi connectivity index (χ1) is 18.2. The summed E-state index contributed by atoms with van der Waals surface area (Å²) in [6, 6.07) is 8.14. The summed E-state index contributed by atoms with van der Waals surface area (Å²) in [6.07, 6.45) is 5.57. The number of hydrogen-bond acceptors (Lipinski definition) is 7. The molecule has 2 unspecified atom stereocenters. The number of pyridine rings is 1. The van der Waals surface area contributed by atoms with Crippen molar-refractivity contribution in [3.8, 4) is 5.75 Å². The molecule has 2 saturated heterocycles. The number of nitrogens with one attached hydrogen (secondary N) is 1. The van der Waals surface area contributed by atoms with Crippen molar-refractivity contribution in [1.82, 2.24) is 13.8 Å². The zero-order chi connectivity index (χ0) is 27.0. The smallest absolute Gasteiger partial charge is 0.319 e. The molecule has 1 aromatic carbocycles. The fourth-order valence-electron chi connectivity index (χ4n) is 4.98. The highest BCUT2D eigenvalue weighted by Crippen LogP contribution is 2.41. The molecule has 2 atom stereocenters. The molecule has 0 radical (unpaired) electrons. The van der Waals surface area contributed by atoms with Crippen molar-refractivity contribution in [1.29, 1.82) is 0 Å². The van der Waals surface area contributed by atoms with Crippen molar-refractivity contribution in [2.45, 2.75) is 38.3 Å². The van der Waals surface area contributed by atoms with Gasteiger partial charge in [-0.05, 0) is 31.0 Å². The summed E-state index contributed by atoms with van der Waals surface area (Å²) in [4.78, 5) is 15.3. The van der Waals surface area contributed by atoms with E-state index in [1.807, 2.05) is 6.07 Å². The van der Waals surface area contributed by atoms with Crippen LogP contribution in [0.3, 0.4) is 0 Å². The van der Waals surface area contributed by atoms with E-state index in [4.69, 9.17) is 15.3 Å². The summed E-state index contributed by atoms with van der Waals surface area (Å²) in [5, 5.41) is 2.94. The number of anilines is 1. The number of ether oxygens (including phenoxy) is 2. The molecule has 38 heavy (non-hydrogen) atoms. The number of rotatable bonds is 8. The molecule has 5 rings (SSSR count). The summed E-state index contributed by atoms with van der Waals surface area (Å²) < 4.78 is 54.1. The molecule has 3 aromatic rings. The van der Waals surface area contributed by atoms with Gasteiger partial charge in [-0.1, -0.05) is 11.4 Å². The zero-order valence-corrected chi connectivity index (χ0v) is 22.2. The number of nitrogens with zero attached hydrogens (tertiary/aromatic N) is 4. The predicted octanol–water partition coefficient (Wildman–Crippen LogP) is 1.91. The summed E-state index contributed by atoms with van der Waals surface area (Å²) in [5.74, 6) is 5.20. The third-order valence-electron chi connectivity index (χ3n) is 7.18. The van der Waals surface area contributed by atoms with Gasteiger partial charge >= 0.3 is 10.2 Å². The molecule has 2 aliphatic rings. The third-order valence-corrected chi connectivity index (χ3v) is 8.89. The minimum absolute atomic E-state index is 0.0718.